The van der Waals surface area contributed by atoms with E-state index < -0.39 is 0 Å². The van der Waals surface area contributed by atoms with Gasteiger partial charge in [-0.25, -0.2) is 0 Å². The largest absolute Gasteiger partial charge is 0.352 e. The molecule has 0 aliphatic carbocycles. The Morgan fingerprint density at radius 3 is 2.62 bits per heavy atom. The summed E-state index contributed by atoms with van der Waals surface area (Å²) in [6.45, 7) is 2.72. The minimum Gasteiger partial charge on any atom is -0.352 e. The third kappa shape index (κ3) is 5.28. The van der Waals surface area contributed by atoms with Crippen molar-refractivity contribution < 1.29 is 4.79 Å². The van der Waals surface area contributed by atoms with Crippen molar-refractivity contribution in [2.45, 2.75) is 32.2 Å². The number of nitrogens with zero attached hydrogens (tertiary/aromatic N) is 3. The number of carbonyl (C=O) groups is 1. The van der Waals surface area contributed by atoms with Crippen LogP contribution in [0.5, 0.6) is 0 Å². The maximum Gasteiger partial charge on any atom is 0.220 e. The molecule has 0 saturated carbocycles. The standard InChI is InChI=1S/C16H22N6O.ClH/c23-15(6-3-12-7-9-17-10-8-12)18-11-13-1-4-14(5-2-13)16-19-21-22-20-16;/h1-2,4-5,12,17H,3,6-11H2,(H,18,23)(H,19,20,21,22);1H. The molecule has 1 amide bonds. The molecule has 0 atom stereocenters. The third-order valence-corrected chi connectivity index (χ3v) is 4.29. The predicted octanol–water partition coefficient (Wildman–Crippen LogP) is 1.68. The number of amides is 1. The molecule has 1 saturated heterocycles. The quantitative estimate of drug-likeness (QED) is 0.736. The lowest BCUT2D eigenvalue weighted by Crippen LogP contribution is -2.29. The van der Waals surface area contributed by atoms with E-state index in [1.165, 1.54) is 12.8 Å². The van der Waals surface area contributed by atoms with Crippen LogP contribution in [0.1, 0.15) is 31.2 Å². The maximum absolute atomic E-state index is 12.0. The molecule has 0 unspecified atom stereocenters. The first-order valence-electron chi connectivity index (χ1n) is 8.11. The third-order valence-electron chi connectivity index (χ3n) is 4.29. The molecule has 1 aliphatic rings. The lowest BCUT2D eigenvalue weighted by Gasteiger charge is -2.22. The second-order valence-corrected chi connectivity index (χ2v) is 5.94. The SMILES string of the molecule is Cl.O=C(CCC1CCNCC1)NCc1ccc(-c2nn[nH]n2)cc1. The first-order chi connectivity index (χ1) is 11.3. The molecule has 1 aromatic heterocycles. The van der Waals surface area contributed by atoms with Gasteiger partial charge >= 0.3 is 0 Å². The molecule has 2 heterocycles. The summed E-state index contributed by atoms with van der Waals surface area (Å²) in [6.07, 6.45) is 3.98. The summed E-state index contributed by atoms with van der Waals surface area (Å²) in [6, 6.07) is 7.81. The van der Waals surface area contributed by atoms with Crippen molar-refractivity contribution in [2.24, 2.45) is 5.92 Å². The molecule has 2 aromatic rings. The van der Waals surface area contributed by atoms with Crippen molar-refractivity contribution >= 4 is 18.3 Å². The maximum atomic E-state index is 12.0. The topological polar surface area (TPSA) is 95.6 Å². The van der Waals surface area contributed by atoms with Crippen LogP contribution in [0.2, 0.25) is 0 Å². The van der Waals surface area contributed by atoms with Crippen LogP contribution in [0, 0.1) is 5.92 Å². The lowest BCUT2D eigenvalue weighted by molar-refractivity contribution is -0.121. The number of H-pyrrole nitrogens is 1. The average Bonchev–Trinajstić information content (AvgIpc) is 3.14. The number of hydrogen-bond donors (Lipinski definition) is 3. The molecular formula is C16H23ClN6O. The van der Waals surface area contributed by atoms with Gasteiger partial charge in [-0.1, -0.05) is 24.3 Å². The average molecular weight is 351 g/mol. The number of hydrogen-bond acceptors (Lipinski definition) is 5. The van der Waals surface area contributed by atoms with E-state index in [0.717, 1.165) is 30.6 Å². The van der Waals surface area contributed by atoms with Gasteiger partial charge in [-0.05, 0) is 49.0 Å². The summed E-state index contributed by atoms with van der Waals surface area (Å²) in [5.74, 6) is 1.39. The molecule has 1 fully saturated rings. The predicted molar refractivity (Wildman–Crippen MR) is 93.5 cm³/mol. The molecule has 0 spiro atoms. The van der Waals surface area contributed by atoms with Crippen molar-refractivity contribution in [3.8, 4) is 11.4 Å². The number of halogens is 1. The summed E-state index contributed by atoms with van der Waals surface area (Å²) in [4.78, 5) is 12.0. The van der Waals surface area contributed by atoms with E-state index in [2.05, 4.69) is 31.3 Å². The summed E-state index contributed by atoms with van der Waals surface area (Å²) in [5.41, 5.74) is 1.96. The van der Waals surface area contributed by atoms with Crippen molar-refractivity contribution in [2.75, 3.05) is 13.1 Å². The number of aromatic amines is 1. The highest BCUT2D eigenvalue weighted by atomic mass is 35.5. The zero-order chi connectivity index (χ0) is 15.9. The normalized spacial score (nSPS) is 14.8. The minimum absolute atomic E-state index is 0. The Morgan fingerprint density at radius 2 is 1.96 bits per heavy atom. The van der Waals surface area contributed by atoms with Gasteiger partial charge in [-0.2, -0.15) is 5.21 Å². The number of piperidine rings is 1. The van der Waals surface area contributed by atoms with Gasteiger partial charge < -0.3 is 10.6 Å². The van der Waals surface area contributed by atoms with Crippen LogP contribution in [-0.4, -0.2) is 39.6 Å². The van der Waals surface area contributed by atoms with Crippen molar-refractivity contribution in [3.63, 3.8) is 0 Å². The van der Waals surface area contributed by atoms with E-state index in [0.29, 0.717) is 24.7 Å². The number of aromatic nitrogens is 4. The first kappa shape index (κ1) is 18.4. The molecule has 1 aliphatic heterocycles. The lowest BCUT2D eigenvalue weighted by atomic mass is 9.93. The highest BCUT2D eigenvalue weighted by Gasteiger charge is 2.14. The van der Waals surface area contributed by atoms with E-state index in [4.69, 9.17) is 0 Å². The van der Waals surface area contributed by atoms with Gasteiger partial charge in [0.25, 0.3) is 0 Å². The zero-order valence-corrected chi connectivity index (χ0v) is 14.3. The Morgan fingerprint density at radius 1 is 1.21 bits per heavy atom. The van der Waals surface area contributed by atoms with E-state index in [1.807, 2.05) is 24.3 Å². The molecule has 3 N–H and O–H groups in total. The smallest absolute Gasteiger partial charge is 0.220 e. The fraction of sp³-hybridized carbons (Fsp3) is 0.500. The number of rotatable bonds is 6. The molecule has 0 radical (unpaired) electrons. The number of nitrogens with one attached hydrogen (secondary N) is 3. The van der Waals surface area contributed by atoms with Gasteiger partial charge in [0.1, 0.15) is 0 Å². The Bertz CT molecular complexity index is 610. The first-order valence-corrected chi connectivity index (χ1v) is 8.11. The molecule has 0 bridgehead atoms. The van der Waals surface area contributed by atoms with Crippen LogP contribution in [0.15, 0.2) is 24.3 Å². The second kappa shape index (κ2) is 9.34. The number of benzene rings is 1. The monoisotopic (exact) mass is 350 g/mol. The van der Waals surface area contributed by atoms with Crippen LogP contribution in [0.25, 0.3) is 11.4 Å². The molecule has 24 heavy (non-hydrogen) atoms. The minimum atomic E-state index is 0. The van der Waals surface area contributed by atoms with E-state index in [1.54, 1.807) is 0 Å². The van der Waals surface area contributed by atoms with Crippen LogP contribution < -0.4 is 10.6 Å². The second-order valence-electron chi connectivity index (χ2n) is 5.94. The van der Waals surface area contributed by atoms with E-state index in [9.17, 15) is 4.79 Å². The van der Waals surface area contributed by atoms with Crippen molar-refractivity contribution in [3.05, 3.63) is 29.8 Å². The van der Waals surface area contributed by atoms with Crippen molar-refractivity contribution in [1.29, 1.82) is 0 Å². The molecule has 7 nitrogen and oxygen atoms in total. The van der Waals surface area contributed by atoms with Gasteiger partial charge in [0.15, 0.2) is 0 Å². The Hall–Kier alpha value is -1.99. The Kier molecular flexibility index (Phi) is 7.14. The highest BCUT2D eigenvalue weighted by molar-refractivity contribution is 5.85. The van der Waals surface area contributed by atoms with Crippen LogP contribution >= 0.6 is 12.4 Å². The molecular weight excluding hydrogens is 328 g/mol. The van der Waals surface area contributed by atoms with Gasteiger partial charge in [-0.3, -0.25) is 4.79 Å². The molecule has 130 valence electrons. The number of carbonyl (C=O) groups excluding carboxylic acids is 1. The molecule has 1 aromatic carbocycles. The van der Waals surface area contributed by atoms with Gasteiger partial charge in [0, 0.05) is 18.5 Å². The fourth-order valence-electron chi connectivity index (χ4n) is 2.85. The Labute approximate surface area is 147 Å². The highest BCUT2D eigenvalue weighted by Crippen LogP contribution is 2.17. The van der Waals surface area contributed by atoms with Gasteiger partial charge in [0.2, 0.25) is 11.7 Å². The fourth-order valence-corrected chi connectivity index (χ4v) is 2.85. The molecule has 3 rings (SSSR count). The summed E-state index contributed by atoms with van der Waals surface area (Å²) in [5, 5.41) is 20.2. The summed E-state index contributed by atoms with van der Waals surface area (Å²) in [7, 11) is 0. The Balaban J connectivity index is 0.00000208. The number of tetrazole rings is 1. The van der Waals surface area contributed by atoms with E-state index in [-0.39, 0.29) is 18.3 Å². The van der Waals surface area contributed by atoms with E-state index >= 15 is 0 Å². The van der Waals surface area contributed by atoms with Gasteiger partial charge in [-0.15, -0.1) is 22.6 Å². The van der Waals surface area contributed by atoms with Crippen LogP contribution in [0.4, 0.5) is 0 Å². The molecule has 8 heteroatoms. The van der Waals surface area contributed by atoms with Crippen LogP contribution in [-0.2, 0) is 11.3 Å². The van der Waals surface area contributed by atoms with Crippen LogP contribution in [0.3, 0.4) is 0 Å². The summed E-state index contributed by atoms with van der Waals surface area (Å²) >= 11 is 0. The van der Waals surface area contributed by atoms with Gasteiger partial charge in [0.05, 0.1) is 0 Å². The zero-order valence-electron chi connectivity index (χ0n) is 13.5. The van der Waals surface area contributed by atoms with Crippen molar-refractivity contribution in [1.82, 2.24) is 31.3 Å². The summed E-state index contributed by atoms with van der Waals surface area (Å²) < 4.78 is 0.